The first kappa shape index (κ1) is 16.2. The quantitative estimate of drug-likeness (QED) is 0.815. The van der Waals surface area contributed by atoms with Crippen LogP contribution in [0.25, 0.3) is 5.82 Å². The lowest BCUT2D eigenvalue weighted by atomic mass is 9.82. The molecule has 0 amide bonds. The second-order valence-electron chi connectivity index (χ2n) is 8.25. The number of hydrogen-bond acceptors (Lipinski definition) is 2. The van der Waals surface area contributed by atoms with E-state index in [9.17, 15) is 0 Å². The molecule has 0 bridgehead atoms. The predicted molar refractivity (Wildman–Crippen MR) is 94.9 cm³/mol. The van der Waals surface area contributed by atoms with E-state index in [1.807, 2.05) is 18.3 Å². The summed E-state index contributed by atoms with van der Waals surface area (Å²) in [5.41, 5.74) is 4.58. The van der Waals surface area contributed by atoms with E-state index in [1.54, 1.807) is 0 Å². The summed E-state index contributed by atoms with van der Waals surface area (Å²) in [5.74, 6) is 1.62. The van der Waals surface area contributed by atoms with Crippen LogP contribution in [0.15, 0.2) is 24.4 Å². The zero-order chi connectivity index (χ0) is 16.4. The van der Waals surface area contributed by atoms with Gasteiger partial charge in [0.15, 0.2) is 5.82 Å². The van der Waals surface area contributed by atoms with Gasteiger partial charge in [-0.2, -0.15) is 5.10 Å². The predicted octanol–water partition coefficient (Wildman–Crippen LogP) is 4.76. The fraction of sp³-hybridized carbons (Fsp3) is 0.600. The van der Waals surface area contributed by atoms with Crippen LogP contribution >= 0.6 is 0 Å². The van der Waals surface area contributed by atoms with E-state index in [1.165, 1.54) is 42.6 Å². The highest BCUT2D eigenvalue weighted by Gasteiger charge is 2.24. The molecule has 0 spiro atoms. The van der Waals surface area contributed by atoms with Crippen molar-refractivity contribution in [2.45, 2.75) is 66.2 Å². The summed E-state index contributed by atoms with van der Waals surface area (Å²) in [4.78, 5) is 4.51. The van der Waals surface area contributed by atoms with E-state index in [0.717, 1.165) is 18.7 Å². The van der Waals surface area contributed by atoms with E-state index >= 15 is 0 Å². The Hall–Kier alpha value is -1.64. The third kappa shape index (κ3) is 3.82. The van der Waals surface area contributed by atoms with Crippen molar-refractivity contribution in [2.24, 2.45) is 11.3 Å². The summed E-state index contributed by atoms with van der Waals surface area (Å²) in [6, 6.07) is 6.07. The van der Waals surface area contributed by atoms with Crippen LogP contribution in [0.3, 0.4) is 0 Å². The smallest absolute Gasteiger partial charge is 0.153 e. The largest absolute Gasteiger partial charge is 0.237 e. The van der Waals surface area contributed by atoms with Gasteiger partial charge in [-0.3, -0.25) is 0 Å². The minimum Gasteiger partial charge on any atom is -0.237 e. The van der Waals surface area contributed by atoms with Crippen molar-refractivity contribution in [3.63, 3.8) is 0 Å². The molecular formula is C20H29N3. The molecule has 0 radical (unpaired) electrons. The number of fused-ring (bicyclic) bond motifs is 1. The Morgan fingerprint density at radius 3 is 2.65 bits per heavy atom. The number of nitrogens with zero attached hydrogens (tertiary/aromatic N) is 3. The third-order valence-corrected chi connectivity index (χ3v) is 4.63. The topological polar surface area (TPSA) is 30.7 Å². The maximum Gasteiger partial charge on any atom is 0.153 e. The van der Waals surface area contributed by atoms with Crippen LogP contribution in [-0.4, -0.2) is 14.8 Å². The van der Waals surface area contributed by atoms with E-state index in [2.05, 4.69) is 43.4 Å². The SMILES string of the molecule is CC(Cc1nn(-c2ccccn2)c2c1CCCC2)CC(C)(C)C. The van der Waals surface area contributed by atoms with Gasteiger partial charge in [0.05, 0.1) is 5.69 Å². The molecule has 0 fully saturated rings. The van der Waals surface area contributed by atoms with Gasteiger partial charge in [0.2, 0.25) is 0 Å². The second kappa shape index (κ2) is 6.46. The van der Waals surface area contributed by atoms with Gasteiger partial charge < -0.3 is 0 Å². The standard InChI is InChI=1S/C20H29N3/c1-15(14-20(2,3)4)13-17-16-9-5-6-10-18(16)23(22-17)19-11-7-8-12-21-19/h7-8,11-12,15H,5-6,9-10,13-14H2,1-4H3. The van der Waals surface area contributed by atoms with Gasteiger partial charge in [-0.25, -0.2) is 9.67 Å². The molecule has 0 saturated heterocycles. The molecule has 124 valence electrons. The molecule has 23 heavy (non-hydrogen) atoms. The Labute approximate surface area is 140 Å². The molecule has 2 aromatic heterocycles. The van der Waals surface area contributed by atoms with E-state index in [-0.39, 0.29) is 0 Å². The first-order chi connectivity index (χ1) is 10.9. The molecule has 2 heterocycles. The highest BCUT2D eigenvalue weighted by molar-refractivity contribution is 5.35. The molecule has 0 aromatic carbocycles. The Morgan fingerprint density at radius 2 is 1.96 bits per heavy atom. The van der Waals surface area contributed by atoms with Crippen molar-refractivity contribution in [1.29, 1.82) is 0 Å². The zero-order valence-corrected chi connectivity index (χ0v) is 15.0. The van der Waals surface area contributed by atoms with Crippen molar-refractivity contribution in [3.05, 3.63) is 41.3 Å². The molecule has 0 aliphatic heterocycles. The second-order valence-corrected chi connectivity index (χ2v) is 8.25. The van der Waals surface area contributed by atoms with Crippen molar-refractivity contribution in [2.75, 3.05) is 0 Å². The Bertz CT molecular complexity index is 650. The maximum atomic E-state index is 4.99. The summed E-state index contributed by atoms with van der Waals surface area (Å²) >= 11 is 0. The molecule has 0 N–H and O–H groups in total. The molecule has 1 unspecified atom stereocenters. The van der Waals surface area contributed by atoms with Crippen molar-refractivity contribution >= 4 is 0 Å². The van der Waals surface area contributed by atoms with Gasteiger partial charge in [0, 0.05) is 11.9 Å². The molecule has 3 nitrogen and oxygen atoms in total. The number of pyridine rings is 1. The summed E-state index contributed by atoms with van der Waals surface area (Å²) in [6.07, 6.45) is 9.04. The molecule has 1 aliphatic rings. The fourth-order valence-corrected chi connectivity index (χ4v) is 3.96. The highest BCUT2D eigenvalue weighted by atomic mass is 15.3. The van der Waals surface area contributed by atoms with Crippen LogP contribution in [0.1, 0.15) is 63.9 Å². The van der Waals surface area contributed by atoms with Crippen LogP contribution in [0, 0.1) is 11.3 Å². The first-order valence-electron chi connectivity index (χ1n) is 8.95. The molecule has 1 aliphatic carbocycles. The minimum absolute atomic E-state index is 0.378. The monoisotopic (exact) mass is 311 g/mol. The fourth-order valence-electron chi connectivity index (χ4n) is 3.96. The number of rotatable bonds is 4. The molecule has 0 saturated carbocycles. The molecule has 3 rings (SSSR count). The van der Waals surface area contributed by atoms with Crippen LogP contribution < -0.4 is 0 Å². The third-order valence-electron chi connectivity index (χ3n) is 4.63. The van der Waals surface area contributed by atoms with Gasteiger partial charge >= 0.3 is 0 Å². The van der Waals surface area contributed by atoms with Crippen LogP contribution in [0.5, 0.6) is 0 Å². The highest BCUT2D eigenvalue weighted by Crippen LogP contribution is 2.31. The maximum absolute atomic E-state index is 4.99. The minimum atomic E-state index is 0.378. The van der Waals surface area contributed by atoms with E-state index in [0.29, 0.717) is 11.3 Å². The summed E-state index contributed by atoms with van der Waals surface area (Å²) in [5, 5.41) is 4.99. The number of hydrogen-bond donors (Lipinski definition) is 0. The van der Waals surface area contributed by atoms with Crippen molar-refractivity contribution in [3.8, 4) is 5.82 Å². The van der Waals surface area contributed by atoms with Crippen molar-refractivity contribution in [1.82, 2.24) is 14.8 Å². The first-order valence-corrected chi connectivity index (χ1v) is 8.95. The van der Waals surface area contributed by atoms with Gasteiger partial charge in [-0.05, 0) is 67.6 Å². The summed E-state index contributed by atoms with van der Waals surface area (Å²) in [7, 11) is 0. The molecule has 3 heteroatoms. The average molecular weight is 311 g/mol. The van der Waals surface area contributed by atoms with Crippen LogP contribution in [-0.2, 0) is 19.3 Å². The normalized spacial score (nSPS) is 16.2. The number of aromatic nitrogens is 3. The van der Waals surface area contributed by atoms with Crippen LogP contribution in [0.4, 0.5) is 0 Å². The van der Waals surface area contributed by atoms with E-state index in [4.69, 9.17) is 5.10 Å². The average Bonchev–Trinajstić information content (AvgIpc) is 2.85. The lowest BCUT2D eigenvalue weighted by Crippen LogP contribution is -2.14. The Morgan fingerprint density at radius 1 is 1.17 bits per heavy atom. The van der Waals surface area contributed by atoms with Gasteiger partial charge in [-0.15, -0.1) is 0 Å². The van der Waals surface area contributed by atoms with Gasteiger partial charge in [0.1, 0.15) is 0 Å². The lowest BCUT2D eigenvalue weighted by Gasteiger charge is -2.23. The zero-order valence-electron chi connectivity index (χ0n) is 15.0. The summed E-state index contributed by atoms with van der Waals surface area (Å²) < 4.78 is 2.10. The molecule has 1 atom stereocenters. The van der Waals surface area contributed by atoms with Crippen molar-refractivity contribution < 1.29 is 0 Å². The Kier molecular flexibility index (Phi) is 4.56. The lowest BCUT2D eigenvalue weighted by molar-refractivity contribution is 0.304. The Balaban J connectivity index is 1.91. The van der Waals surface area contributed by atoms with Gasteiger partial charge in [-0.1, -0.05) is 33.8 Å². The van der Waals surface area contributed by atoms with E-state index < -0.39 is 0 Å². The summed E-state index contributed by atoms with van der Waals surface area (Å²) in [6.45, 7) is 9.34. The molecular weight excluding hydrogens is 282 g/mol. The van der Waals surface area contributed by atoms with Crippen LogP contribution in [0.2, 0.25) is 0 Å². The van der Waals surface area contributed by atoms with Gasteiger partial charge in [0.25, 0.3) is 0 Å². The molecule has 2 aromatic rings.